The highest BCUT2D eigenvalue weighted by atomic mass is 32.2. The predicted octanol–water partition coefficient (Wildman–Crippen LogP) is 3.50. The molecule has 1 aliphatic heterocycles. The molecule has 2 aromatic carbocycles. The summed E-state index contributed by atoms with van der Waals surface area (Å²) >= 11 is 0. The molecule has 2 heterocycles. The van der Waals surface area contributed by atoms with Crippen molar-refractivity contribution in [2.24, 2.45) is 0 Å². The number of hydrogen-bond acceptors (Lipinski definition) is 6. The fourth-order valence-corrected chi connectivity index (χ4v) is 5.08. The smallest absolute Gasteiger partial charge is 0.255 e. The van der Waals surface area contributed by atoms with E-state index in [-0.39, 0.29) is 15.8 Å². The molecule has 0 atom stereocenters. The van der Waals surface area contributed by atoms with Crippen molar-refractivity contribution in [1.82, 2.24) is 9.88 Å². The first-order chi connectivity index (χ1) is 15.8. The Balaban J connectivity index is 1.44. The number of pyridine rings is 1. The Hall–Kier alpha value is -3.39. The van der Waals surface area contributed by atoms with Gasteiger partial charge in [-0.2, -0.15) is 0 Å². The van der Waals surface area contributed by atoms with Gasteiger partial charge in [-0.15, -0.1) is 0 Å². The predicted molar refractivity (Wildman–Crippen MR) is 127 cm³/mol. The molecule has 7 nitrogen and oxygen atoms in total. The van der Waals surface area contributed by atoms with Gasteiger partial charge in [0.2, 0.25) is 9.84 Å². The molecule has 4 rings (SSSR count). The van der Waals surface area contributed by atoms with Crippen LogP contribution in [-0.4, -0.2) is 57.5 Å². The number of hydrogen-bond donors (Lipinski definition) is 0. The van der Waals surface area contributed by atoms with E-state index in [1.165, 1.54) is 18.3 Å². The van der Waals surface area contributed by atoms with Crippen LogP contribution < -0.4 is 9.64 Å². The van der Waals surface area contributed by atoms with E-state index in [1.807, 2.05) is 38.1 Å². The van der Waals surface area contributed by atoms with Gasteiger partial charge >= 0.3 is 0 Å². The third kappa shape index (κ3) is 4.71. The van der Waals surface area contributed by atoms with Crippen LogP contribution in [-0.2, 0) is 9.84 Å². The van der Waals surface area contributed by atoms with Crippen LogP contribution in [0.2, 0.25) is 0 Å². The highest BCUT2D eigenvalue weighted by Gasteiger charge is 2.24. The fraction of sp³-hybridized carbons (Fsp3) is 0.280. The number of amides is 1. The highest BCUT2D eigenvalue weighted by Crippen LogP contribution is 2.24. The second-order valence-electron chi connectivity index (χ2n) is 8.12. The number of anilines is 1. The molecule has 1 aromatic heterocycles. The summed E-state index contributed by atoms with van der Waals surface area (Å²) in [5.74, 6) is 0.649. The van der Waals surface area contributed by atoms with Gasteiger partial charge in [-0.05, 0) is 61.4 Å². The molecule has 8 heteroatoms. The van der Waals surface area contributed by atoms with Crippen molar-refractivity contribution in [2.45, 2.75) is 23.8 Å². The van der Waals surface area contributed by atoms with Crippen molar-refractivity contribution in [2.75, 3.05) is 38.2 Å². The number of piperazine rings is 1. The van der Waals surface area contributed by atoms with Gasteiger partial charge in [0.05, 0.1) is 17.6 Å². The average molecular weight is 466 g/mol. The summed E-state index contributed by atoms with van der Waals surface area (Å²) in [6.45, 7) is 6.34. The first-order valence-electron chi connectivity index (χ1n) is 10.8. The normalized spacial score (nSPS) is 14.3. The topological polar surface area (TPSA) is 79.8 Å². The zero-order chi connectivity index (χ0) is 23.6. The van der Waals surface area contributed by atoms with E-state index in [0.29, 0.717) is 31.7 Å². The van der Waals surface area contributed by atoms with E-state index >= 15 is 0 Å². The second kappa shape index (κ2) is 9.23. The van der Waals surface area contributed by atoms with E-state index in [0.717, 1.165) is 22.6 Å². The van der Waals surface area contributed by atoms with E-state index < -0.39 is 9.84 Å². The highest BCUT2D eigenvalue weighted by molar-refractivity contribution is 7.91. The quantitative estimate of drug-likeness (QED) is 0.574. The van der Waals surface area contributed by atoms with Crippen LogP contribution in [0.4, 0.5) is 5.69 Å². The summed E-state index contributed by atoms with van der Waals surface area (Å²) in [5, 5.41) is -0.0647. The van der Waals surface area contributed by atoms with Crippen molar-refractivity contribution in [3.05, 3.63) is 77.5 Å². The number of carbonyl (C=O) groups excluding carboxylic acids is 1. The molecule has 0 aliphatic carbocycles. The maximum absolute atomic E-state index is 13.0. The summed E-state index contributed by atoms with van der Waals surface area (Å²) < 4.78 is 31.1. The van der Waals surface area contributed by atoms with Crippen molar-refractivity contribution in [3.63, 3.8) is 0 Å². The fourth-order valence-electron chi connectivity index (χ4n) is 3.83. The van der Waals surface area contributed by atoms with E-state index in [2.05, 4.69) is 9.88 Å². The standard InChI is InChI=1S/C25H27N3O4S/c1-18-7-9-23(15-19(18)2)33(30,31)24-10-8-20(17-26-24)25(29)28-13-11-27(12-14-28)21-5-4-6-22(16-21)32-3/h4-10,15-17H,11-14H2,1-3H3. The SMILES string of the molecule is COc1cccc(N2CCN(C(=O)c3ccc(S(=O)(=O)c4ccc(C)c(C)c4)nc3)CC2)c1. The van der Waals surface area contributed by atoms with Gasteiger partial charge in [0.25, 0.3) is 5.91 Å². The summed E-state index contributed by atoms with van der Waals surface area (Å²) in [7, 11) is -2.10. The van der Waals surface area contributed by atoms with Crippen molar-refractivity contribution < 1.29 is 17.9 Å². The molecule has 3 aromatic rings. The molecule has 172 valence electrons. The number of aryl methyl sites for hydroxylation is 2. The molecule has 1 aliphatic rings. The Morgan fingerprint density at radius 2 is 1.70 bits per heavy atom. The summed E-state index contributed by atoms with van der Waals surface area (Å²) in [5.41, 5.74) is 3.36. The average Bonchev–Trinajstić information content (AvgIpc) is 2.85. The molecule has 33 heavy (non-hydrogen) atoms. The van der Waals surface area contributed by atoms with Gasteiger partial charge in [-0.3, -0.25) is 4.79 Å². The van der Waals surface area contributed by atoms with E-state index in [1.54, 1.807) is 30.2 Å². The van der Waals surface area contributed by atoms with Crippen LogP contribution in [0.15, 0.2) is 70.7 Å². The minimum atomic E-state index is -3.74. The van der Waals surface area contributed by atoms with Gasteiger partial charge in [-0.25, -0.2) is 13.4 Å². The molecular formula is C25H27N3O4S. The minimum Gasteiger partial charge on any atom is -0.497 e. The van der Waals surface area contributed by atoms with E-state index in [9.17, 15) is 13.2 Å². The monoisotopic (exact) mass is 465 g/mol. The molecule has 0 radical (unpaired) electrons. The number of aromatic nitrogens is 1. The molecule has 0 saturated carbocycles. The Kier molecular flexibility index (Phi) is 6.37. The third-order valence-corrected chi connectivity index (χ3v) is 7.70. The Morgan fingerprint density at radius 3 is 2.33 bits per heavy atom. The molecule has 0 N–H and O–H groups in total. The number of sulfone groups is 1. The lowest BCUT2D eigenvalue weighted by molar-refractivity contribution is 0.0746. The lowest BCUT2D eigenvalue weighted by atomic mass is 10.1. The van der Waals surface area contributed by atoms with Gasteiger partial charge in [-0.1, -0.05) is 12.1 Å². The number of rotatable bonds is 5. The number of methoxy groups -OCH3 is 1. The molecule has 1 saturated heterocycles. The van der Waals surface area contributed by atoms with Crippen molar-refractivity contribution in [1.29, 1.82) is 0 Å². The summed E-state index contributed by atoms with van der Waals surface area (Å²) in [4.78, 5) is 21.3. The van der Waals surface area contributed by atoms with Gasteiger partial charge in [0.1, 0.15) is 5.75 Å². The number of benzene rings is 2. The van der Waals surface area contributed by atoms with Crippen LogP contribution in [0.3, 0.4) is 0 Å². The zero-order valence-corrected chi connectivity index (χ0v) is 19.8. The van der Waals surface area contributed by atoms with Crippen molar-refractivity contribution in [3.8, 4) is 5.75 Å². The van der Waals surface area contributed by atoms with Crippen LogP contribution in [0.5, 0.6) is 5.75 Å². The number of carbonyl (C=O) groups is 1. The zero-order valence-electron chi connectivity index (χ0n) is 19.0. The first kappa shape index (κ1) is 22.8. The maximum atomic E-state index is 13.0. The van der Waals surface area contributed by atoms with Crippen molar-refractivity contribution >= 4 is 21.4 Å². The lowest BCUT2D eigenvalue weighted by Crippen LogP contribution is -2.48. The van der Waals surface area contributed by atoms with Crippen LogP contribution in [0.1, 0.15) is 21.5 Å². The molecule has 0 spiro atoms. The third-order valence-electron chi connectivity index (χ3n) is 6.03. The van der Waals surface area contributed by atoms with Gasteiger partial charge < -0.3 is 14.5 Å². The lowest BCUT2D eigenvalue weighted by Gasteiger charge is -2.36. The Bertz CT molecular complexity index is 1270. The number of nitrogens with zero attached hydrogens (tertiary/aromatic N) is 3. The van der Waals surface area contributed by atoms with Crippen LogP contribution in [0, 0.1) is 13.8 Å². The molecule has 0 bridgehead atoms. The maximum Gasteiger partial charge on any atom is 0.255 e. The second-order valence-corrected chi connectivity index (χ2v) is 10.0. The van der Waals surface area contributed by atoms with Gasteiger partial charge in [0, 0.05) is 44.1 Å². The molecule has 1 fully saturated rings. The summed E-state index contributed by atoms with van der Waals surface area (Å²) in [6.07, 6.45) is 1.35. The summed E-state index contributed by atoms with van der Waals surface area (Å²) in [6, 6.07) is 15.8. The Labute approximate surface area is 194 Å². The Morgan fingerprint density at radius 1 is 0.939 bits per heavy atom. The molecule has 1 amide bonds. The van der Waals surface area contributed by atoms with Crippen LogP contribution in [0.25, 0.3) is 0 Å². The largest absolute Gasteiger partial charge is 0.497 e. The molecule has 0 unspecified atom stereocenters. The van der Waals surface area contributed by atoms with Gasteiger partial charge in [0.15, 0.2) is 5.03 Å². The van der Waals surface area contributed by atoms with Crippen LogP contribution >= 0.6 is 0 Å². The van der Waals surface area contributed by atoms with E-state index in [4.69, 9.17) is 4.74 Å². The first-order valence-corrected chi connectivity index (χ1v) is 12.2. The number of ether oxygens (including phenoxy) is 1. The molecular weight excluding hydrogens is 438 g/mol. The minimum absolute atomic E-state index is 0.0647.